The number of halogens is 1. The van der Waals surface area contributed by atoms with E-state index in [0.717, 1.165) is 4.47 Å². The smallest absolute Gasteiger partial charge is 0.267 e. The van der Waals surface area contributed by atoms with Crippen molar-refractivity contribution < 1.29 is 13.2 Å². The molecule has 0 radical (unpaired) electrons. The summed E-state index contributed by atoms with van der Waals surface area (Å²) >= 11 is 3.24. The highest BCUT2D eigenvalue weighted by atomic mass is 79.9. The van der Waals surface area contributed by atoms with Gasteiger partial charge in [0.15, 0.2) is 9.84 Å². The van der Waals surface area contributed by atoms with Crippen molar-refractivity contribution in [2.45, 2.75) is 6.42 Å². The third kappa shape index (κ3) is 3.32. The van der Waals surface area contributed by atoms with Crippen molar-refractivity contribution in [3.8, 4) is 0 Å². The third-order valence-electron chi connectivity index (χ3n) is 2.77. The van der Waals surface area contributed by atoms with Crippen molar-refractivity contribution in [3.05, 3.63) is 22.4 Å². The lowest BCUT2D eigenvalue weighted by Gasteiger charge is -2.08. The van der Waals surface area contributed by atoms with Crippen LogP contribution in [0.1, 0.15) is 16.9 Å². The van der Waals surface area contributed by atoms with Crippen LogP contribution in [0.4, 0.5) is 0 Å². The van der Waals surface area contributed by atoms with Gasteiger partial charge in [-0.3, -0.25) is 4.79 Å². The number of carbonyl (C=O) groups excluding carboxylic acids is 1. The highest BCUT2D eigenvalue weighted by Gasteiger charge is 2.28. The predicted molar refractivity (Wildman–Crippen MR) is 67.6 cm³/mol. The van der Waals surface area contributed by atoms with Crippen LogP contribution in [0.2, 0.25) is 0 Å². The normalized spacial score (nSPS) is 22.5. The van der Waals surface area contributed by atoms with Gasteiger partial charge >= 0.3 is 0 Å². The van der Waals surface area contributed by atoms with Crippen LogP contribution < -0.4 is 5.32 Å². The summed E-state index contributed by atoms with van der Waals surface area (Å²) in [7, 11) is -2.87. The molecule has 1 atom stereocenters. The van der Waals surface area contributed by atoms with Gasteiger partial charge in [-0.1, -0.05) is 0 Å². The molecule has 5 nitrogen and oxygen atoms in total. The third-order valence-corrected chi connectivity index (χ3v) is 5.07. The van der Waals surface area contributed by atoms with E-state index in [9.17, 15) is 13.2 Å². The highest BCUT2D eigenvalue weighted by molar-refractivity contribution is 9.10. The van der Waals surface area contributed by atoms with Crippen molar-refractivity contribution >= 4 is 31.7 Å². The van der Waals surface area contributed by atoms with Crippen LogP contribution >= 0.6 is 15.9 Å². The maximum absolute atomic E-state index is 11.7. The minimum Gasteiger partial charge on any atom is -0.356 e. The summed E-state index contributed by atoms with van der Waals surface area (Å²) in [5.74, 6) is 0.255. The van der Waals surface area contributed by atoms with Gasteiger partial charge in [-0.2, -0.15) is 0 Å². The maximum Gasteiger partial charge on any atom is 0.267 e. The van der Waals surface area contributed by atoms with E-state index in [1.54, 1.807) is 12.3 Å². The molecule has 7 heteroatoms. The molecule has 17 heavy (non-hydrogen) atoms. The minimum absolute atomic E-state index is 0.0438. The Hall–Kier alpha value is -0.820. The first-order chi connectivity index (χ1) is 7.96. The molecule has 0 spiro atoms. The molecular weight excluding hydrogens is 308 g/mol. The van der Waals surface area contributed by atoms with E-state index < -0.39 is 9.84 Å². The molecule has 0 aliphatic carbocycles. The lowest BCUT2D eigenvalue weighted by atomic mass is 10.1. The van der Waals surface area contributed by atoms with Gasteiger partial charge in [0, 0.05) is 17.2 Å². The van der Waals surface area contributed by atoms with Crippen molar-refractivity contribution in [2.24, 2.45) is 5.92 Å². The Morgan fingerprint density at radius 2 is 2.35 bits per heavy atom. The lowest BCUT2D eigenvalue weighted by molar-refractivity contribution is 0.0944. The van der Waals surface area contributed by atoms with Crippen LogP contribution in [0.15, 0.2) is 16.7 Å². The Morgan fingerprint density at radius 1 is 1.59 bits per heavy atom. The minimum atomic E-state index is -2.87. The average Bonchev–Trinajstić information content (AvgIpc) is 2.81. The first-order valence-corrected chi connectivity index (χ1v) is 7.90. The second kappa shape index (κ2) is 4.81. The number of rotatable bonds is 3. The molecule has 1 unspecified atom stereocenters. The zero-order valence-electron chi connectivity index (χ0n) is 9.07. The number of amides is 1. The zero-order valence-corrected chi connectivity index (χ0v) is 11.5. The summed E-state index contributed by atoms with van der Waals surface area (Å²) in [4.78, 5) is 14.5. The highest BCUT2D eigenvalue weighted by Crippen LogP contribution is 2.17. The number of aromatic amines is 1. The molecular formula is C10H13BrN2O3S. The molecule has 1 aliphatic rings. The van der Waals surface area contributed by atoms with Crippen LogP contribution in [0, 0.1) is 5.92 Å². The van der Waals surface area contributed by atoms with Crippen LogP contribution in [-0.4, -0.2) is 37.4 Å². The number of aromatic nitrogens is 1. The molecule has 1 saturated heterocycles. The monoisotopic (exact) mass is 320 g/mol. The van der Waals surface area contributed by atoms with Gasteiger partial charge in [0.05, 0.1) is 11.5 Å². The molecule has 0 saturated carbocycles. The summed E-state index contributed by atoms with van der Waals surface area (Å²) in [6.45, 7) is 0.411. The number of hydrogen-bond acceptors (Lipinski definition) is 3. The van der Waals surface area contributed by atoms with E-state index in [1.807, 2.05) is 0 Å². The SMILES string of the molecule is O=C(NCC1CCS(=O)(=O)C1)c1cc(Br)c[nH]1. The molecule has 1 aliphatic heterocycles. The van der Waals surface area contributed by atoms with Gasteiger partial charge in [-0.15, -0.1) is 0 Å². The molecule has 1 fully saturated rings. The summed E-state index contributed by atoms with van der Waals surface area (Å²) < 4.78 is 23.3. The number of H-pyrrole nitrogens is 1. The zero-order chi connectivity index (χ0) is 12.5. The average molecular weight is 321 g/mol. The molecule has 1 amide bonds. The largest absolute Gasteiger partial charge is 0.356 e. The first kappa shape index (κ1) is 12.6. The van der Waals surface area contributed by atoms with Crippen molar-refractivity contribution in [2.75, 3.05) is 18.1 Å². The first-order valence-electron chi connectivity index (χ1n) is 5.29. The molecule has 2 N–H and O–H groups in total. The van der Waals surface area contributed by atoms with Gasteiger partial charge in [0.25, 0.3) is 5.91 Å². The Kier molecular flexibility index (Phi) is 3.58. The molecule has 2 rings (SSSR count). The molecule has 94 valence electrons. The molecule has 1 aromatic heterocycles. The summed E-state index contributed by atoms with van der Waals surface area (Å²) in [5, 5.41) is 2.74. The van der Waals surface area contributed by atoms with Crippen LogP contribution in [0.25, 0.3) is 0 Å². The van der Waals surface area contributed by atoms with Gasteiger partial charge < -0.3 is 10.3 Å². The van der Waals surface area contributed by atoms with Gasteiger partial charge in [0.1, 0.15) is 5.69 Å². The standard InChI is InChI=1S/C10H13BrN2O3S/c11-8-3-9(12-5-8)10(14)13-4-7-1-2-17(15,16)6-7/h3,5,7,12H,1-2,4,6H2,(H,13,14). The van der Waals surface area contributed by atoms with Crippen LogP contribution in [-0.2, 0) is 9.84 Å². The van der Waals surface area contributed by atoms with E-state index >= 15 is 0 Å². The van der Waals surface area contributed by atoms with Crippen molar-refractivity contribution in [1.29, 1.82) is 0 Å². The summed E-state index contributed by atoms with van der Waals surface area (Å²) in [5.41, 5.74) is 0.470. The Bertz CT molecular complexity index is 523. The van der Waals surface area contributed by atoms with Gasteiger partial charge in [0.2, 0.25) is 0 Å². The lowest BCUT2D eigenvalue weighted by Crippen LogP contribution is -2.30. The number of hydrogen-bond donors (Lipinski definition) is 2. The maximum atomic E-state index is 11.7. The molecule has 0 aromatic carbocycles. The topological polar surface area (TPSA) is 79.0 Å². The molecule has 2 heterocycles. The van der Waals surface area contributed by atoms with E-state index in [-0.39, 0.29) is 23.3 Å². The number of nitrogens with one attached hydrogen (secondary N) is 2. The quantitative estimate of drug-likeness (QED) is 0.870. The predicted octanol–water partition coefficient (Wildman–Crippen LogP) is 0.942. The molecule has 0 bridgehead atoms. The fourth-order valence-electron chi connectivity index (χ4n) is 1.86. The van der Waals surface area contributed by atoms with Gasteiger partial charge in [-0.05, 0) is 34.3 Å². The van der Waals surface area contributed by atoms with Crippen LogP contribution in [0.5, 0.6) is 0 Å². The fourth-order valence-corrected chi connectivity index (χ4v) is 4.07. The Morgan fingerprint density at radius 3 is 2.88 bits per heavy atom. The summed E-state index contributed by atoms with van der Waals surface area (Å²) in [6, 6.07) is 1.68. The summed E-state index contributed by atoms with van der Waals surface area (Å²) in [6.07, 6.45) is 2.31. The van der Waals surface area contributed by atoms with Crippen molar-refractivity contribution in [1.82, 2.24) is 10.3 Å². The van der Waals surface area contributed by atoms with E-state index in [1.165, 1.54) is 0 Å². The van der Waals surface area contributed by atoms with Gasteiger partial charge in [-0.25, -0.2) is 8.42 Å². The Labute approximate surface area is 108 Å². The van der Waals surface area contributed by atoms with Crippen LogP contribution in [0.3, 0.4) is 0 Å². The fraction of sp³-hybridized carbons (Fsp3) is 0.500. The number of sulfone groups is 1. The molecule has 1 aromatic rings. The second-order valence-corrected chi connectivity index (χ2v) is 7.36. The van der Waals surface area contributed by atoms with E-state index in [2.05, 4.69) is 26.2 Å². The van der Waals surface area contributed by atoms with E-state index in [0.29, 0.717) is 18.7 Å². The number of carbonyl (C=O) groups is 1. The van der Waals surface area contributed by atoms with Crippen molar-refractivity contribution in [3.63, 3.8) is 0 Å². The second-order valence-electron chi connectivity index (χ2n) is 4.21. The van der Waals surface area contributed by atoms with E-state index in [4.69, 9.17) is 0 Å². The Balaban J connectivity index is 1.85.